The molecule has 0 aliphatic heterocycles. The lowest BCUT2D eigenvalue weighted by Gasteiger charge is -2.19. The van der Waals surface area contributed by atoms with Gasteiger partial charge in [-0.05, 0) is 49.8 Å². The van der Waals surface area contributed by atoms with Crippen molar-refractivity contribution in [2.45, 2.75) is 464 Å². The van der Waals surface area contributed by atoms with E-state index >= 15 is 0 Å². The molecular formula is C82H157O3. The van der Waals surface area contributed by atoms with Gasteiger partial charge in [-0.2, -0.15) is 0 Å². The molecule has 3 heteroatoms. The van der Waals surface area contributed by atoms with E-state index in [1.54, 1.807) is 0 Å². The zero-order valence-corrected chi connectivity index (χ0v) is 59.0. The molecule has 0 spiro atoms. The van der Waals surface area contributed by atoms with E-state index in [0.29, 0.717) is 0 Å². The third-order valence-corrected chi connectivity index (χ3v) is 19.1. The standard InChI is InChI=1S/C82H157O3/c1-5-9-13-16-19-22-25-28-31-34-37-40-43-46-49-52-55-58-61-64-67-70-74-83-80-77-79(73-12-8-4)78-81(84-75-71-68-65-62-59-56-53-50-47-44-41-38-35-32-29-26-23-20-17-14-10-6-2)82(80)85-76-72-69-66-63-60-57-54-51-48-45-42-39-36-33-30-27-24-21-18-15-11-7-3/h77-78H,4-76H2,1-3H3. The quantitative estimate of drug-likeness (QED) is 0.0609. The van der Waals surface area contributed by atoms with Gasteiger partial charge in [-0.1, -0.05) is 439 Å². The molecule has 0 saturated heterocycles. The summed E-state index contributed by atoms with van der Waals surface area (Å²) >= 11 is 0. The van der Waals surface area contributed by atoms with Gasteiger partial charge in [0.05, 0.1) is 19.8 Å². The maximum absolute atomic E-state index is 6.71. The Bertz CT molecular complexity index is 1300. The minimum atomic E-state index is 0.739. The number of ether oxygens (including phenoxy) is 3. The van der Waals surface area contributed by atoms with Gasteiger partial charge in [-0.25, -0.2) is 0 Å². The molecule has 0 aromatic heterocycles. The van der Waals surface area contributed by atoms with Crippen LogP contribution in [0.15, 0.2) is 12.1 Å². The van der Waals surface area contributed by atoms with E-state index in [9.17, 15) is 0 Å². The Morgan fingerprint density at radius 3 is 0.553 bits per heavy atom. The predicted octanol–water partition coefficient (Wildman–Crippen LogP) is 29.8. The summed E-state index contributed by atoms with van der Waals surface area (Å²) in [5.41, 5.74) is 1.30. The van der Waals surface area contributed by atoms with Gasteiger partial charge in [0.2, 0.25) is 5.75 Å². The number of unbranched alkanes of at least 4 members (excludes halogenated alkanes) is 64. The predicted molar refractivity (Wildman–Crippen MR) is 383 cm³/mol. The van der Waals surface area contributed by atoms with Crippen LogP contribution in [0.1, 0.15) is 463 Å². The van der Waals surface area contributed by atoms with Crippen LogP contribution < -0.4 is 14.2 Å². The number of benzene rings is 1. The van der Waals surface area contributed by atoms with Crippen molar-refractivity contribution in [1.82, 2.24) is 0 Å². The Labute approximate surface area is 537 Å². The molecule has 0 unspecified atom stereocenters. The monoisotopic (exact) mass is 1190 g/mol. The van der Waals surface area contributed by atoms with Crippen LogP contribution in [0.3, 0.4) is 0 Å². The third kappa shape index (κ3) is 61.3. The highest BCUT2D eigenvalue weighted by atomic mass is 16.5. The lowest BCUT2D eigenvalue weighted by molar-refractivity contribution is 0.234. The minimum absolute atomic E-state index is 0.739. The van der Waals surface area contributed by atoms with E-state index in [-0.39, 0.29) is 0 Å². The molecule has 0 atom stereocenters. The van der Waals surface area contributed by atoms with Crippen LogP contribution in [0, 0.1) is 6.92 Å². The maximum atomic E-state index is 6.71. The lowest BCUT2D eigenvalue weighted by Crippen LogP contribution is -2.07. The smallest absolute Gasteiger partial charge is 0.203 e. The largest absolute Gasteiger partial charge is 0.490 e. The van der Waals surface area contributed by atoms with E-state index in [4.69, 9.17) is 14.2 Å². The Kier molecular flexibility index (Phi) is 68.9. The van der Waals surface area contributed by atoms with Crippen molar-refractivity contribution in [3.63, 3.8) is 0 Å². The molecule has 3 nitrogen and oxygen atoms in total. The third-order valence-electron chi connectivity index (χ3n) is 19.1. The highest BCUT2D eigenvalue weighted by Crippen LogP contribution is 2.40. The van der Waals surface area contributed by atoms with E-state index in [1.807, 2.05) is 0 Å². The second kappa shape index (κ2) is 71.7. The molecule has 0 aliphatic carbocycles. The summed E-state index contributed by atoms with van der Waals surface area (Å²) in [6.45, 7) is 13.4. The molecule has 0 fully saturated rings. The molecule has 503 valence electrons. The molecule has 0 saturated carbocycles. The lowest BCUT2D eigenvalue weighted by atomic mass is 10.0. The molecule has 1 rings (SSSR count). The topological polar surface area (TPSA) is 27.7 Å². The van der Waals surface area contributed by atoms with Crippen molar-refractivity contribution in [2.24, 2.45) is 0 Å². The first-order chi connectivity index (χ1) is 42.3. The summed E-state index contributed by atoms with van der Waals surface area (Å²) in [7, 11) is 0. The van der Waals surface area contributed by atoms with E-state index in [2.05, 4.69) is 39.8 Å². The summed E-state index contributed by atoms with van der Waals surface area (Å²) < 4.78 is 20.1. The first kappa shape index (κ1) is 81.6. The van der Waals surface area contributed by atoms with Gasteiger partial charge in [-0.3, -0.25) is 0 Å². The molecule has 1 radical (unpaired) electrons. The van der Waals surface area contributed by atoms with E-state index in [0.717, 1.165) is 75.6 Å². The molecule has 0 aliphatic rings. The molecule has 85 heavy (non-hydrogen) atoms. The average molecular weight is 1190 g/mol. The van der Waals surface area contributed by atoms with Gasteiger partial charge >= 0.3 is 0 Å². The van der Waals surface area contributed by atoms with Crippen molar-refractivity contribution < 1.29 is 14.2 Å². The summed E-state index contributed by atoms with van der Waals surface area (Å²) in [5.74, 6) is 2.68. The minimum Gasteiger partial charge on any atom is -0.490 e. The van der Waals surface area contributed by atoms with Gasteiger partial charge in [-0.15, -0.1) is 0 Å². The first-order valence-corrected chi connectivity index (χ1v) is 40.1. The van der Waals surface area contributed by atoms with Crippen LogP contribution in [0.5, 0.6) is 17.2 Å². The second-order valence-electron chi connectivity index (χ2n) is 27.7. The summed E-state index contributed by atoms with van der Waals surface area (Å²) in [4.78, 5) is 0. The number of rotatable bonds is 75. The number of hydrogen-bond donors (Lipinski definition) is 0. The van der Waals surface area contributed by atoms with Gasteiger partial charge in [0.1, 0.15) is 0 Å². The summed E-state index contributed by atoms with van der Waals surface area (Å²) in [5, 5.41) is 0. The Hall–Kier alpha value is -1.38. The molecule has 0 bridgehead atoms. The van der Waals surface area contributed by atoms with Crippen molar-refractivity contribution >= 4 is 0 Å². The molecule has 1 aromatic rings. The second-order valence-corrected chi connectivity index (χ2v) is 27.7. The van der Waals surface area contributed by atoms with Crippen molar-refractivity contribution in [2.75, 3.05) is 19.8 Å². The molecular weight excluding hydrogens is 1030 g/mol. The maximum Gasteiger partial charge on any atom is 0.203 e. The van der Waals surface area contributed by atoms with Crippen LogP contribution in [-0.2, 0) is 6.42 Å². The molecule has 0 heterocycles. The van der Waals surface area contributed by atoms with Crippen LogP contribution in [0.4, 0.5) is 0 Å². The zero-order valence-electron chi connectivity index (χ0n) is 59.0. The molecule has 0 N–H and O–H groups in total. The van der Waals surface area contributed by atoms with Gasteiger partial charge in [0.25, 0.3) is 0 Å². The molecule has 1 aromatic carbocycles. The van der Waals surface area contributed by atoms with Gasteiger partial charge in [0.15, 0.2) is 11.5 Å². The fourth-order valence-corrected chi connectivity index (χ4v) is 13.1. The summed E-state index contributed by atoms with van der Waals surface area (Å²) in [6, 6.07) is 4.54. The van der Waals surface area contributed by atoms with Crippen molar-refractivity contribution in [3.05, 3.63) is 24.6 Å². The highest BCUT2D eigenvalue weighted by Gasteiger charge is 2.17. The Morgan fingerprint density at radius 1 is 0.212 bits per heavy atom. The zero-order chi connectivity index (χ0) is 60.8. The van der Waals surface area contributed by atoms with Crippen molar-refractivity contribution in [3.8, 4) is 17.2 Å². The first-order valence-electron chi connectivity index (χ1n) is 40.1. The highest BCUT2D eigenvalue weighted by molar-refractivity contribution is 5.54. The summed E-state index contributed by atoms with van der Waals surface area (Å²) in [6.07, 6.45) is 96.2. The normalized spacial score (nSPS) is 11.6. The van der Waals surface area contributed by atoms with E-state index in [1.165, 1.54) is 410 Å². The van der Waals surface area contributed by atoms with Crippen LogP contribution in [0.2, 0.25) is 0 Å². The van der Waals surface area contributed by atoms with E-state index < -0.39 is 0 Å². The van der Waals surface area contributed by atoms with Gasteiger partial charge < -0.3 is 14.2 Å². The van der Waals surface area contributed by atoms with Crippen LogP contribution >= 0.6 is 0 Å². The average Bonchev–Trinajstić information content (AvgIpc) is 3.71. The fraction of sp³-hybridized carbons (Fsp3) is 0.915. The van der Waals surface area contributed by atoms with Crippen LogP contribution in [0.25, 0.3) is 0 Å². The Balaban J connectivity index is 2.41. The number of aryl methyl sites for hydroxylation is 1. The van der Waals surface area contributed by atoms with Crippen molar-refractivity contribution in [1.29, 1.82) is 0 Å². The number of hydrogen-bond acceptors (Lipinski definition) is 3. The molecule has 0 amide bonds. The van der Waals surface area contributed by atoms with Gasteiger partial charge in [0, 0.05) is 0 Å². The fourth-order valence-electron chi connectivity index (χ4n) is 13.1. The van der Waals surface area contributed by atoms with Crippen LogP contribution in [-0.4, -0.2) is 19.8 Å². The Morgan fingerprint density at radius 2 is 0.376 bits per heavy atom. The SMILES string of the molecule is [CH2]CCCc1cc(OCCCCCCCCCCCCCCCCCCCCCCCC)c(OCCCCCCCCCCCCCCCCCCCCCCCC)c(OCCCCCCCCCCCCCCCCCCCCCCCC)c1.